The average molecular weight is 212 g/mol. The number of imidazole rings is 1. The number of H-pyrrole nitrogens is 1. The molecule has 80 valence electrons. The van der Waals surface area contributed by atoms with Gasteiger partial charge in [-0.3, -0.25) is 4.79 Å². The molecule has 0 spiro atoms. The molecule has 1 N–H and O–H groups in total. The molecule has 0 aliphatic carbocycles. The number of aromatic amines is 1. The Kier molecular flexibility index (Phi) is 2.96. The third-order valence-corrected chi connectivity index (χ3v) is 2.21. The summed E-state index contributed by atoms with van der Waals surface area (Å²) in [6.45, 7) is 1.97. The maximum atomic E-state index is 11.8. The van der Waals surface area contributed by atoms with Gasteiger partial charge >= 0.3 is 0 Å². The van der Waals surface area contributed by atoms with Crippen molar-refractivity contribution in [2.24, 2.45) is 0 Å². The predicted octanol–water partition coefficient (Wildman–Crippen LogP) is 2.61. The van der Waals surface area contributed by atoms with E-state index in [0.29, 0.717) is 11.4 Å². The minimum Gasteiger partial charge on any atom is -0.345 e. The molecule has 2 rings (SSSR count). The number of carbonyl (C=O) groups is 1. The quantitative estimate of drug-likeness (QED) is 0.628. The molecule has 0 amide bonds. The van der Waals surface area contributed by atoms with Gasteiger partial charge in [-0.1, -0.05) is 23.8 Å². The van der Waals surface area contributed by atoms with Crippen molar-refractivity contribution >= 4 is 11.9 Å². The monoisotopic (exact) mass is 212 g/mol. The third kappa shape index (κ3) is 2.45. The van der Waals surface area contributed by atoms with E-state index in [0.717, 1.165) is 5.56 Å². The fourth-order valence-electron chi connectivity index (χ4n) is 1.42. The summed E-state index contributed by atoms with van der Waals surface area (Å²) in [6, 6.07) is 7.52. The fourth-order valence-corrected chi connectivity index (χ4v) is 1.42. The van der Waals surface area contributed by atoms with E-state index >= 15 is 0 Å². The number of hydrogen-bond donors (Lipinski definition) is 1. The molecular formula is C13H12N2O. The minimum absolute atomic E-state index is 0.0138. The largest absolute Gasteiger partial charge is 0.345 e. The van der Waals surface area contributed by atoms with E-state index in [1.165, 1.54) is 6.08 Å². The topological polar surface area (TPSA) is 45.8 Å². The van der Waals surface area contributed by atoms with Crippen molar-refractivity contribution in [1.82, 2.24) is 9.97 Å². The lowest BCUT2D eigenvalue weighted by atomic mass is 10.1. The zero-order chi connectivity index (χ0) is 11.4. The lowest BCUT2D eigenvalue weighted by Gasteiger charge is -1.96. The van der Waals surface area contributed by atoms with Crippen LogP contribution in [0.15, 0.2) is 42.7 Å². The van der Waals surface area contributed by atoms with E-state index in [1.54, 1.807) is 18.5 Å². The van der Waals surface area contributed by atoms with Gasteiger partial charge in [0.25, 0.3) is 0 Å². The van der Waals surface area contributed by atoms with Crippen molar-refractivity contribution < 1.29 is 4.79 Å². The second-order valence-corrected chi connectivity index (χ2v) is 3.54. The SMILES string of the molecule is Cc1cccc(C(=O)/C=C/c2ncc[nH]2)c1. The summed E-state index contributed by atoms with van der Waals surface area (Å²) in [5.74, 6) is 0.668. The maximum absolute atomic E-state index is 11.8. The Bertz CT molecular complexity index is 512. The Balaban J connectivity index is 2.15. The molecule has 1 aromatic heterocycles. The first-order chi connectivity index (χ1) is 7.75. The molecule has 0 atom stereocenters. The van der Waals surface area contributed by atoms with Crippen molar-refractivity contribution in [1.29, 1.82) is 0 Å². The number of benzene rings is 1. The molecule has 1 heterocycles. The van der Waals surface area contributed by atoms with E-state index < -0.39 is 0 Å². The highest BCUT2D eigenvalue weighted by Crippen LogP contribution is 2.06. The molecule has 2 aromatic rings. The maximum Gasteiger partial charge on any atom is 0.185 e. The molecule has 1 aromatic carbocycles. The molecule has 0 saturated heterocycles. The summed E-state index contributed by atoms with van der Waals surface area (Å²) in [5, 5.41) is 0. The normalized spacial score (nSPS) is 10.8. The Hall–Kier alpha value is -2.16. The molecule has 0 saturated carbocycles. The average Bonchev–Trinajstić information content (AvgIpc) is 2.78. The van der Waals surface area contributed by atoms with Gasteiger partial charge in [-0.25, -0.2) is 4.98 Å². The van der Waals surface area contributed by atoms with Gasteiger partial charge in [0.15, 0.2) is 5.78 Å². The number of carbonyl (C=O) groups excluding carboxylic acids is 1. The van der Waals surface area contributed by atoms with Gasteiger partial charge < -0.3 is 4.98 Å². The molecule has 0 bridgehead atoms. The van der Waals surface area contributed by atoms with Gasteiger partial charge in [0.2, 0.25) is 0 Å². The Labute approximate surface area is 93.8 Å². The first-order valence-corrected chi connectivity index (χ1v) is 5.04. The lowest BCUT2D eigenvalue weighted by molar-refractivity contribution is 0.104. The van der Waals surface area contributed by atoms with Crippen LogP contribution in [-0.4, -0.2) is 15.8 Å². The van der Waals surface area contributed by atoms with Crippen LogP contribution in [-0.2, 0) is 0 Å². The van der Waals surface area contributed by atoms with E-state index in [9.17, 15) is 4.79 Å². The van der Waals surface area contributed by atoms with Crippen molar-refractivity contribution in [3.63, 3.8) is 0 Å². The molecule has 0 radical (unpaired) electrons. The van der Waals surface area contributed by atoms with E-state index in [1.807, 2.05) is 31.2 Å². The second-order valence-electron chi connectivity index (χ2n) is 3.54. The minimum atomic E-state index is -0.0138. The summed E-state index contributed by atoms with van der Waals surface area (Å²) >= 11 is 0. The van der Waals surface area contributed by atoms with Crippen LogP contribution in [0.4, 0.5) is 0 Å². The van der Waals surface area contributed by atoms with Crippen LogP contribution >= 0.6 is 0 Å². The lowest BCUT2D eigenvalue weighted by Crippen LogP contribution is -1.94. The van der Waals surface area contributed by atoms with E-state index in [-0.39, 0.29) is 5.78 Å². The van der Waals surface area contributed by atoms with Crippen LogP contribution in [0.25, 0.3) is 6.08 Å². The van der Waals surface area contributed by atoms with Gasteiger partial charge in [-0.15, -0.1) is 0 Å². The predicted molar refractivity (Wildman–Crippen MR) is 63.1 cm³/mol. The zero-order valence-corrected chi connectivity index (χ0v) is 8.97. The van der Waals surface area contributed by atoms with Crippen molar-refractivity contribution in [3.05, 3.63) is 59.7 Å². The van der Waals surface area contributed by atoms with Crippen LogP contribution in [0.5, 0.6) is 0 Å². The number of allylic oxidation sites excluding steroid dienone is 1. The molecule has 0 unspecified atom stereocenters. The summed E-state index contributed by atoms with van der Waals surface area (Å²) in [4.78, 5) is 18.7. The zero-order valence-electron chi connectivity index (χ0n) is 8.97. The molecule has 3 heteroatoms. The molecule has 3 nitrogen and oxygen atoms in total. The fraction of sp³-hybridized carbons (Fsp3) is 0.0769. The number of aryl methyl sites for hydroxylation is 1. The number of hydrogen-bond acceptors (Lipinski definition) is 2. The second kappa shape index (κ2) is 4.57. The van der Waals surface area contributed by atoms with Crippen LogP contribution < -0.4 is 0 Å². The third-order valence-electron chi connectivity index (χ3n) is 2.21. The van der Waals surface area contributed by atoms with Gasteiger partial charge in [0, 0.05) is 18.0 Å². The Morgan fingerprint density at radius 3 is 3.00 bits per heavy atom. The van der Waals surface area contributed by atoms with Gasteiger partial charge in [0.1, 0.15) is 5.82 Å². The van der Waals surface area contributed by atoms with Gasteiger partial charge in [0.05, 0.1) is 0 Å². The number of ketones is 1. The number of nitrogens with zero attached hydrogens (tertiary/aromatic N) is 1. The van der Waals surface area contributed by atoms with Crippen LogP contribution in [0.3, 0.4) is 0 Å². The molecule has 0 fully saturated rings. The molecule has 0 aliphatic rings. The van der Waals surface area contributed by atoms with Crippen molar-refractivity contribution in [3.8, 4) is 0 Å². The number of aromatic nitrogens is 2. The highest BCUT2D eigenvalue weighted by atomic mass is 16.1. The highest BCUT2D eigenvalue weighted by molar-refractivity contribution is 6.06. The first-order valence-electron chi connectivity index (χ1n) is 5.04. The summed E-state index contributed by atoms with van der Waals surface area (Å²) in [6.07, 6.45) is 6.56. The number of nitrogens with one attached hydrogen (secondary N) is 1. The van der Waals surface area contributed by atoms with Crippen LogP contribution in [0.2, 0.25) is 0 Å². The van der Waals surface area contributed by atoms with Gasteiger partial charge in [-0.05, 0) is 25.1 Å². The van der Waals surface area contributed by atoms with Crippen LogP contribution in [0, 0.1) is 6.92 Å². The number of rotatable bonds is 3. The summed E-state index contributed by atoms with van der Waals surface area (Å²) < 4.78 is 0. The Morgan fingerprint density at radius 1 is 1.44 bits per heavy atom. The molecule has 0 aliphatic heterocycles. The van der Waals surface area contributed by atoms with Crippen molar-refractivity contribution in [2.45, 2.75) is 6.92 Å². The molecule has 16 heavy (non-hydrogen) atoms. The van der Waals surface area contributed by atoms with Crippen molar-refractivity contribution in [2.75, 3.05) is 0 Å². The van der Waals surface area contributed by atoms with E-state index in [4.69, 9.17) is 0 Å². The van der Waals surface area contributed by atoms with E-state index in [2.05, 4.69) is 9.97 Å². The highest BCUT2D eigenvalue weighted by Gasteiger charge is 2.01. The van der Waals surface area contributed by atoms with Gasteiger partial charge in [-0.2, -0.15) is 0 Å². The van der Waals surface area contributed by atoms with Crippen LogP contribution in [0.1, 0.15) is 21.7 Å². The summed E-state index contributed by atoms with van der Waals surface area (Å²) in [7, 11) is 0. The molecular weight excluding hydrogens is 200 g/mol. The standard InChI is InChI=1S/C13H12N2O/c1-10-3-2-4-11(9-10)12(16)5-6-13-14-7-8-15-13/h2-9H,1H3,(H,14,15)/b6-5+. The Morgan fingerprint density at radius 2 is 2.31 bits per heavy atom. The smallest absolute Gasteiger partial charge is 0.185 e. The summed E-state index contributed by atoms with van der Waals surface area (Å²) in [5.41, 5.74) is 1.78. The first kappa shape index (κ1) is 10.4.